The number of carboxylic acid groups (broad SMARTS) is 1. The second-order valence-corrected chi connectivity index (χ2v) is 12.7. The van der Waals surface area contributed by atoms with Crippen LogP contribution in [0.5, 0.6) is 5.75 Å². The van der Waals surface area contributed by atoms with Crippen molar-refractivity contribution < 1.29 is 32.5 Å². The Morgan fingerprint density at radius 1 is 0.956 bits per heavy atom. The molecular formula is C33H40F3N5O4. The van der Waals surface area contributed by atoms with Crippen molar-refractivity contribution in [2.75, 3.05) is 26.3 Å². The van der Waals surface area contributed by atoms with E-state index in [2.05, 4.69) is 27.2 Å². The van der Waals surface area contributed by atoms with Gasteiger partial charge in [0.25, 0.3) is 0 Å². The summed E-state index contributed by atoms with van der Waals surface area (Å²) in [4.78, 5) is 13.7. The fourth-order valence-electron chi connectivity index (χ4n) is 5.77. The third kappa shape index (κ3) is 8.02. The number of halogens is 3. The molecule has 0 saturated carbocycles. The Labute approximate surface area is 261 Å². The van der Waals surface area contributed by atoms with Gasteiger partial charge in [-0.05, 0) is 66.8 Å². The molecule has 0 spiro atoms. The van der Waals surface area contributed by atoms with Crippen LogP contribution in [0.1, 0.15) is 75.7 Å². The first-order valence-electron chi connectivity index (χ1n) is 15.4. The van der Waals surface area contributed by atoms with Crippen molar-refractivity contribution in [3.63, 3.8) is 0 Å². The van der Waals surface area contributed by atoms with Crippen molar-refractivity contribution >= 4 is 11.8 Å². The first-order chi connectivity index (χ1) is 21.4. The lowest BCUT2D eigenvalue weighted by Crippen LogP contribution is -2.39. The maximum atomic E-state index is 13.0. The number of aliphatic carboxylic acids is 1. The van der Waals surface area contributed by atoms with Gasteiger partial charge in [-0.25, -0.2) is 4.79 Å². The molecule has 3 aromatic rings. The fourth-order valence-corrected chi connectivity index (χ4v) is 5.77. The first kappa shape index (κ1) is 32.5. The zero-order valence-electron chi connectivity index (χ0n) is 25.9. The molecule has 5 rings (SSSR count). The number of benzene rings is 2. The molecule has 1 atom stereocenters. The third-order valence-electron chi connectivity index (χ3n) is 8.28. The minimum Gasteiger partial charge on any atom is -0.494 e. The smallest absolute Gasteiger partial charge is 0.416 e. The number of hydrogen-bond acceptors (Lipinski definition) is 7. The summed E-state index contributed by atoms with van der Waals surface area (Å²) in [5.74, 6) is 2.38. The molecule has 1 unspecified atom stereocenters. The topological polar surface area (TPSA) is 102 Å². The van der Waals surface area contributed by atoms with E-state index in [0.717, 1.165) is 68.9 Å². The van der Waals surface area contributed by atoms with Gasteiger partial charge in [0, 0.05) is 38.1 Å². The van der Waals surface area contributed by atoms with Crippen molar-refractivity contribution in [1.29, 1.82) is 0 Å². The number of fused-ring (bicyclic) bond motifs is 1. The number of likely N-dealkylation sites (tertiary alicyclic amines) is 1. The van der Waals surface area contributed by atoms with E-state index in [-0.39, 0.29) is 0 Å². The largest absolute Gasteiger partial charge is 0.494 e. The molecule has 12 heteroatoms. The van der Waals surface area contributed by atoms with Gasteiger partial charge in [0.05, 0.1) is 12.2 Å². The number of amidine groups is 1. The zero-order chi connectivity index (χ0) is 32.2. The highest BCUT2D eigenvalue weighted by Gasteiger charge is 2.32. The van der Waals surface area contributed by atoms with Gasteiger partial charge in [-0.15, -0.1) is 10.2 Å². The van der Waals surface area contributed by atoms with E-state index in [9.17, 15) is 23.1 Å². The summed E-state index contributed by atoms with van der Waals surface area (Å²) in [5, 5.41) is 22.6. The average molecular weight is 628 g/mol. The lowest BCUT2D eigenvalue weighted by atomic mass is 9.89. The highest BCUT2D eigenvalue weighted by atomic mass is 19.4. The molecule has 0 radical (unpaired) electrons. The number of piperidine rings is 1. The van der Waals surface area contributed by atoms with Crippen LogP contribution >= 0.6 is 0 Å². The Morgan fingerprint density at radius 3 is 2.24 bits per heavy atom. The van der Waals surface area contributed by atoms with E-state index in [1.807, 2.05) is 32.9 Å². The SMILES string of the molecule is CC(C)(C)C(OCCCCOc1ccc(C2CCN(C3=Nn4c(nnc4-c4ccc(C(F)(F)F)cc4)CC3)CC2)cc1)C(=O)O. The number of carboxylic acids is 1. The predicted octanol–water partition coefficient (Wildman–Crippen LogP) is 6.63. The van der Waals surface area contributed by atoms with Crippen LogP contribution in [0.3, 0.4) is 0 Å². The quantitative estimate of drug-likeness (QED) is 0.252. The standard InChI is InChI=1S/C33H40F3N5O4/c1-32(2,3)29(31(42)43)45-21-5-4-20-44-26-12-8-22(9-13-26)23-16-18-40(19-17-23)28-15-14-27-37-38-30(41(27)39-28)24-6-10-25(11-7-24)33(34,35)36/h6-13,23,29H,4-5,14-21H2,1-3H3,(H,42,43). The molecule has 2 aliphatic rings. The van der Waals surface area contributed by atoms with Gasteiger partial charge in [0.15, 0.2) is 17.8 Å². The molecule has 3 heterocycles. The molecule has 1 fully saturated rings. The van der Waals surface area contributed by atoms with E-state index in [1.54, 1.807) is 4.68 Å². The molecular weight excluding hydrogens is 587 g/mol. The van der Waals surface area contributed by atoms with Gasteiger partial charge in [0.1, 0.15) is 11.6 Å². The Kier molecular flexibility index (Phi) is 9.81. The fraction of sp³-hybridized carbons (Fsp3) is 0.515. The zero-order valence-corrected chi connectivity index (χ0v) is 25.9. The minimum absolute atomic E-state index is 0.377. The summed E-state index contributed by atoms with van der Waals surface area (Å²) in [6, 6.07) is 13.2. The van der Waals surface area contributed by atoms with Crippen LogP contribution in [0, 0.1) is 5.41 Å². The van der Waals surface area contributed by atoms with E-state index in [1.165, 1.54) is 17.7 Å². The van der Waals surface area contributed by atoms with Crippen LogP contribution in [0.25, 0.3) is 11.4 Å². The minimum atomic E-state index is -4.39. The highest BCUT2D eigenvalue weighted by molar-refractivity contribution is 5.83. The molecule has 1 aromatic heterocycles. The summed E-state index contributed by atoms with van der Waals surface area (Å²) < 4.78 is 52.2. The second kappa shape index (κ2) is 13.6. The van der Waals surface area contributed by atoms with Crippen molar-refractivity contribution in [3.8, 4) is 17.1 Å². The number of alkyl halides is 3. The van der Waals surface area contributed by atoms with Gasteiger partial charge in [-0.1, -0.05) is 45.0 Å². The molecule has 9 nitrogen and oxygen atoms in total. The molecule has 0 bridgehead atoms. The summed E-state index contributed by atoms with van der Waals surface area (Å²) in [6.07, 6.45) is -0.372. The van der Waals surface area contributed by atoms with Crippen LogP contribution in [-0.4, -0.2) is 69.1 Å². The average Bonchev–Trinajstić information content (AvgIpc) is 3.43. The van der Waals surface area contributed by atoms with Crippen molar-refractivity contribution in [2.24, 2.45) is 10.5 Å². The number of ether oxygens (including phenoxy) is 2. The Hall–Kier alpha value is -3.93. The maximum Gasteiger partial charge on any atom is 0.416 e. The van der Waals surface area contributed by atoms with Gasteiger partial charge >= 0.3 is 12.1 Å². The van der Waals surface area contributed by atoms with Crippen LogP contribution in [0.15, 0.2) is 53.6 Å². The number of aryl methyl sites for hydroxylation is 1. The molecule has 2 aliphatic heterocycles. The lowest BCUT2D eigenvalue weighted by Gasteiger charge is -2.35. The monoisotopic (exact) mass is 627 g/mol. The Bertz CT molecular complexity index is 1470. The number of hydrogen-bond donors (Lipinski definition) is 1. The van der Waals surface area contributed by atoms with Crippen LogP contribution in [0.4, 0.5) is 13.2 Å². The lowest BCUT2D eigenvalue weighted by molar-refractivity contribution is -0.158. The van der Waals surface area contributed by atoms with Gasteiger partial charge < -0.3 is 19.5 Å². The Balaban J connectivity index is 1.09. The van der Waals surface area contributed by atoms with Gasteiger partial charge in [-0.2, -0.15) is 22.9 Å². The predicted molar refractivity (Wildman–Crippen MR) is 163 cm³/mol. The molecule has 0 amide bonds. The number of rotatable bonds is 10. The van der Waals surface area contributed by atoms with Crippen LogP contribution in [0.2, 0.25) is 0 Å². The van der Waals surface area contributed by atoms with Gasteiger partial charge in [0.2, 0.25) is 0 Å². The van der Waals surface area contributed by atoms with Crippen molar-refractivity contribution in [3.05, 3.63) is 65.5 Å². The van der Waals surface area contributed by atoms with Gasteiger partial charge in [-0.3, -0.25) is 0 Å². The Morgan fingerprint density at radius 2 is 1.62 bits per heavy atom. The maximum absolute atomic E-state index is 13.0. The van der Waals surface area contributed by atoms with E-state index in [0.29, 0.717) is 42.8 Å². The third-order valence-corrected chi connectivity index (χ3v) is 8.28. The molecule has 2 aromatic carbocycles. The number of aromatic nitrogens is 3. The van der Waals surface area contributed by atoms with Crippen LogP contribution < -0.4 is 4.74 Å². The second-order valence-electron chi connectivity index (χ2n) is 12.7. The summed E-state index contributed by atoms with van der Waals surface area (Å²) in [5.41, 5.74) is 0.647. The number of unbranched alkanes of at least 4 members (excludes halogenated alkanes) is 1. The van der Waals surface area contributed by atoms with E-state index < -0.39 is 29.2 Å². The van der Waals surface area contributed by atoms with Crippen LogP contribution in [-0.2, 0) is 22.1 Å². The summed E-state index contributed by atoms with van der Waals surface area (Å²) in [7, 11) is 0. The molecule has 0 aliphatic carbocycles. The summed E-state index contributed by atoms with van der Waals surface area (Å²) >= 11 is 0. The van der Waals surface area contributed by atoms with Crippen molar-refractivity contribution in [1.82, 2.24) is 19.8 Å². The highest BCUT2D eigenvalue weighted by Crippen LogP contribution is 2.33. The first-order valence-corrected chi connectivity index (χ1v) is 15.4. The number of nitrogens with zero attached hydrogens (tertiary/aromatic N) is 5. The normalized spacial score (nSPS) is 16.7. The molecule has 45 heavy (non-hydrogen) atoms. The molecule has 242 valence electrons. The van der Waals surface area contributed by atoms with E-state index >= 15 is 0 Å². The summed E-state index contributed by atoms with van der Waals surface area (Å²) in [6.45, 7) is 8.19. The molecule has 1 saturated heterocycles. The molecule has 1 N–H and O–H groups in total. The van der Waals surface area contributed by atoms with Crippen molar-refractivity contribution in [2.45, 2.75) is 77.5 Å². The number of carbonyl (C=O) groups is 1. The van der Waals surface area contributed by atoms with E-state index in [4.69, 9.17) is 14.6 Å².